The molecule has 0 bridgehead atoms. The topological polar surface area (TPSA) is 59.2 Å². The lowest BCUT2D eigenvalue weighted by molar-refractivity contribution is 0.0515. The van der Waals surface area contributed by atoms with Crippen LogP contribution in [0.4, 0.5) is 4.39 Å². The molecule has 0 fully saturated rings. The highest BCUT2D eigenvalue weighted by Crippen LogP contribution is 2.17. The Balaban J connectivity index is 2.31. The van der Waals surface area contributed by atoms with Gasteiger partial charge in [0, 0.05) is 12.6 Å². The van der Waals surface area contributed by atoms with Gasteiger partial charge in [0.25, 0.3) is 0 Å². The molecule has 1 heterocycles. The number of unbranched alkanes of at least 4 members (excludes halogenated alkanes) is 7. The van der Waals surface area contributed by atoms with E-state index in [1.807, 2.05) is 0 Å². The highest BCUT2D eigenvalue weighted by Gasteiger charge is 2.22. The fraction of sp³-hybridized carbons (Fsp3) is 0.667. The number of carbonyl (C=O) groups excluding carboxylic acids is 2. The zero-order chi connectivity index (χ0) is 17.1. The first kappa shape index (κ1) is 19.4. The van der Waals surface area contributed by atoms with Gasteiger partial charge in [-0.2, -0.15) is 0 Å². The molecule has 0 aromatic carbocycles. The second-order valence-electron chi connectivity index (χ2n) is 5.76. The van der Waals surface area contributed by atoms with E-state index in [2.05, 4.69) is 11.9 Å². The second kappa shape index (κ2) is 11.0. The number of H-pyrrole nitrogens is 1. The number of rotatable bonds is 12. The van der Waals surface area contributed by atoms with E-state index in [0.717, 1.165) is 19.3 Å². The molecule has 0 unspecified atom stereocenters. The molecular weight excluding hydrogens is 297 g/mol. The van der Waals surface area contributed by atoms with Crippen molar-refractivity contribution in [2.75, 3.05) is 6.61 Å². The Hall–Kier alpha value is -1.65. The van der Waals surface area contributed by atoms with Gasteiger partial charge in [0.1, 0.15) is 0 Å². The summed E-state index contributed by atoms with van der Waals surface area (Å²) in [6.07, 6.45) is 10.7. The summed E-state index contributed by atoms with van der Waals surface area (Å²) >= 11 is 0. The fourth-order valence-electron chi connectivity index (χ4n) is 2.51. The van der Waals surface area contributed by atoms with E-state index in [1.54, 1.807) is 6.92 Å². The van der Waals surface area contributed by atoms with Crippen molar-refractivity contribution >= 4 is 11.8 Å². The van der Waals surface area contributed by atoms with Crippen LogP contribution >= 0.6 is 0 Å². The van der Waals surface area contributed by atoms with Crippen molar-refractivity contribution in [3.63, 3.8) is 0 Å². The summed E-state index contributed by atoms with van der Waals surface area (Å²) in [4.78, 5) is 26.0. The maximum absolute atomic E-state index is 14.1. The Morgan fingerprint density at radius 3 is 2.26 bits per heavy atom. The van der Waals surface area contributed by atoms with E-state index in [-0.39, 0.29) is 23.6 Å². The van der Waals surface area contributed by atoms with Crippen molar-refractivity contribution in [3.8, 4) is 0 Å². The van der Waals surface area contributed by atoms with Gasteiger partial charge >= 0.3 is 5.97 Å². The highest BCUT2D eigenvalue weighted by atomic mass is 19.1. The SMILES string of the molecule is CCCCCCCCCCC(=O)c1c[nH]c(C(=O)OCC)c1F. The molecule has 0 saturated heterocycles. The molecule has 1 aromatic rings. The molecule has 4 nitrogen and oxygen atoms in total. The molecule has 1 rings (SSSR count). The quantitative estimate of drug-likeness (QED) is 0.332. The molecule has 23 heavy (non-hydrogen) atoms. The number of halogens is 1. The summed E-state index contributed by atoms with van der Waals surface area (Å²) in [5.74, 6) is -1.83. The molecule has 0 aliphatic carbocycles. The van der Waals surface area contributed by atoms with Gasteiger partial charge in [-0.3, -0.25) is 4.79 Å². The van der Waals surface area contributed by atoms with Crippen LogP contribution < -0.4 is 0 Å². The number of carbonyl (C=O) groups is 2. The predicted octanol–water partition coefficient (Wildman–Crippen LogP) is 5.04. The van der Waals surface area contributed by atoms with Crippen LogP contribution in [0.25, 0.3) is 0 Å². The van der Waals surface area contributed by atoms with Gasteiger partial charge in [-0.05, 0) is 13.3 Å². The number of esters is 1. The Kier molecular flexibility index (Phi) is 9.25. The van der Waals surface area contributed by atoms with Crippen LogP contribution in [-0.4, -0.2) is 23.3 Å². The average Bonchev–Trinajstić information content (AvgIpc) is 2.92. The first-order chi connectivity index (χ1) is 11.1. The highest BCUT2D eigenvalue weighted by molar-refractivity contribution is 5.99. The Labute approximate surface area is 137 Å². The summed E-state index contributed by atoms with van der Waals surface area (Å²) in [6.45, 7) is 4.00. The zero-order valence-electron chi connectivity index (χ0n) is 14.3. The lowest BCUT2D eigenvalue weighted by Crippen LogP contribution is -2.08. The molecule has 5 heteroatoms. The van der Waals surface area contributed by atoms with Crippen LogP contribution in [0.5, 0.6) is 0 Å². The first-order valence-corrected chi connectivity index (χ1v) is 8.69. The van der Waals surface area contributed by atoms with Crippen molar-refractivity contribution in [1.82, 2.24) is 4.98 Å². The van der Waals surface area contributed by atoms with E-state index in [4.69, 9.17) is 4.74 Å². The number of hydrogen-bond acceptors (Lipinski definition) is 3. The number of ketones is 1. The van der Waals surface area contributed by atoms with Gasteiger partial charge in [-0.1, -0.05) is 51.9 Å². The van der Waals surface area contributed by atoms with Gasteiger partial charge in [0.05, 0.1) is 12.2 Å². The summed E-state index contributed by atoms with van der Waals surface area (Å²) in [6, 6.07) is 0. The summed E-state index contributed by atoms with van der Waals surface area (Å²) < 4.78 is 18.8. The second-order valence-corrected chi connectivity index (χ2v) is 5.76. The van der Waals surface area contributed by atoms with Crippen molar-refractivity contribution < 1.29 is 18.7 Å². The lowest BCUT2D eigenvalue weighted by Gasteiger charge is -2.02. The third-order valence-electron chi connectivity index (χ3n) is 3.85. The summed E-state index contributed by atoms with van der Waals surface area (Å²) in [7, 11) is 0. The minimum Gasteiger partial charge on any atom is -0.461 e. The van der Waals surface area contributed by atoms with E-state index >= 15 is 0 Å². The normalized spacial score (nSPS) is 10.7. The number of aromatic nitrogens is 1. The van der Waals surface area contributed by atoms with Gasteiger partial charge in [0.2, 0.25) is 0 Å². The van der Waals surface area contributed by atoms with Crippen LogP contribution in [0, 0.1) is 5.82 Å². The fourth-order valence-corrected chi connectivity index (χ4v) is 2.51. The molecule has 0 aliphatic rings. The molecule has 1 aromatic heterocycles. The van der Waals surface area contributed by atoms with Gasteiger partial charge in [-0.25, -0.2) is 9.18 Å². The number of nitrogens with one attached hydrogen (secondary N) is 1. The minimum absolute atomic E-state index is 0.0454. The number of hydrogen-bond donors (Lipinski definition) is 1. The van der Waals surface area contributed by atoms with Crippen LogP contribution in [0.2, 0.25) is 0 Å². The number of Topliss-reactive ketones (excluding diaryl/α,β-unsaturated/α-hetero) is 1. The third kappa shape index (κ3) is 6.55. The van der Waals surface area contributed by atoms with Gasteiger partial charge in [0.15, 0.2) is 17.3 Å². The van der Waals surface area contributed by atoms with Crippen molar-refractivity contribution in [1.29, 1.82) is 0 Å². The van der Waals surface area contributed by atoms with Crippen molar-refractivity contribution in [3.05, 3.63) is 23.3 Å². The molecule has 0 atom stereocenters. The first-order valence-electron chi connectivity index (χ1n) is 8.69. The van der Waals surface area contributed by atoms with E-state index in [1.165, 1.54) is 38.3 Å². The van der Waals surface area contributed by atoms with Gasteiger partial charge in [-0.15, -0.1) is 0 Å². The van der Waals surface area contributed by atoms with E-state index in [9.17, 15) is 14.0 Å². The number of ether oxygens (including phenoxy) is 1. The predicted molar refractivity (Wildman–Crippen MR) is 88.3 cm³/mol. The molecule has 1 N–H and O–H groups in total. The monoisotopic (exact) mass is 325 g/mol. The van der Waals surface area contributed by atoms with Crippen LogP contribution in [0.3, 0.4) is 0 Å². The molecule has 0 spiro atoms. The van der Waals surface area contributed by atoms with E-state index < -0.39 is 11.8 Å². The molecule has 130 valence electrons. The lowest BCUT2D eigenvalue weighted by atomic mass is 10.0. The number of aromatic amines is 1. The molecule has 0 aliphatic heterocycles. The Morgan fingerprint density at radius 2 is 1.65 bits per heavy atom. The molecular formula is C18H28FNO3. The molecule has 0 radical (unpaired) electrons. The van der Waals surface area contributed by atoms with Gasteiger partial charge < -0.3 is 9.72 Å². The van der Waals surface area contributed by atoms with E-state index in [0.29, 0.717) is 6.42 Å². The molecule has 0 amide bonds. The third-order valence-corrected chi connectivity index (χ3v) is 3.85. The Morgan fingerprint density at radius 1 is 1.04 bits per heavy atom. The van der Waals surface area contributed by atoms with Crippen molar-refractivity contribution in [2.24, 2.45) is 0 Å². The maximum atomic E-state index is 14.1. The largest absolute Gasteiger partial charge is 0.461 e. The zero-order valence-corrected chi connectivity index (χ0v) is 14.3. The van der Waals surface area contributed by atoms with Crippen LogP contribution in [-0.2, 0) is 4.74 Å². The summed E-state index contributed by atoms with van der Waals surface area (Å²) in [5, 5.41) is 0. The van der Waals surface area contributed by atoms with Crippen LogP contribution in [0.15, 0.2) is 6.20 Å². The smallest absolute Gasteiger partial charge is 0.357 e. The van der Waals surface area contributed by atoms with Crippen molar-refractivity contribution in [2.45, 2.75) is 71.6 Å². The minimum atomic E-state index is -0.798. The van der Waals surface area contributed by atoms with Crippen LogP contribution in [0.1, 0.15) is 92.5 Å². The summed E-state index contributed by atoms with van der Waals surface area (Å²) in [5.41, 5.74) is -0.317. The maximum Gasteiger partial charge on any atom is 0.357 e. The standard InChI is InChI=1S/C18H28FNO3/c1-3-5-6-7-8-9-10-11-12-15(21)14-13-20-17(16(14)19)18(22)23-4-2/h13,20H,3-12H2,1-2H3. The Bertz CT molecular complexity index is 496. The average molecular weight is 325 g/mol. The molecule has 0 saturated carbocycles.